The minimum Gasteiger partial charge on any atom is -0.324 e. The molecule has 5 aromatic rings. The number of anilines is 1. The number of fused-ring (bicyclic) bond motifs is 1. The van der Waals surface area contributed by atoms with Crippen LogP contribution in [0.1, 0.15) is 13.8 Å². The molecule has 8 nitrogen and oxygen atoms in total. The molecule has 0 spiro atoms. The van der Waals surface area contributed by atoms with Crippen molar-refractivity contribution < 1.29 is 8.42 Å². The summed E-state index contributed by atoms with van der Waals surface area (Å²) >= 11 is 0. The fraction of sp³-hybridized carbons (Fsp3) is 0.167. The third-order valence-electron chi connectivity index (χ3n) is 5.55. The Morgan fingerprint density at radius 3 is 2.42 bits per heavy atom. The van der Waals surface area contributed by atoms with Gasteiger partial charge >= 0.3 is 0 Å². The Kier molecular flexibility index (Phi) is 5.05. The van der Waals surface area contributed by atoms with Crippen molar-refractivity contribution >= 4 is 26.7 Å². The summed E-state index contributed by atoms with van der Waals surface area (Å²) in [4.78, 5) is 4.60. The van der Waals surface area contributed by atoms with E-state index in [4.69, 9.17) is 0 Å². The van der Waals surface area contributed by atoms with Crippen LogP contribution >= 0.6 is 0 Å². The topological polar surface area (TPSA) is 86.7 Å². The second-order valence-corrected chi connectivity index (χ2v) is 10.5. The highest BCUT2D eigenvalue weighted by Crippen LogP contribution is 2.28. The molecule has 0 fully saturated rings. The van der Waals surface area contributed by atoms with Gasteiger partial charge in [0.2, 0.25) is 10.0 Å². The maximum absolute atomic E-state index is 12.5. The number of benzene rings is 2. The maximum Gasteiger partial charge on any atom is 0.235 e. The zero-order chi connectivity index (χ0) is 23.2. The van der Waals surface area contributed by atoms with E-state index in [1.165, 1.54) is 0 Å². The molecule has 168 valence electrons. The van der Waals surface area contributed by atoms with Crippen LogP contribution in [-0.2, 0) is 17.1 Å². The molecular weight excluding hydrogens is 436 g/mol. The van der Waals surface area contributed by atoms with Crippen LogP contribution in [0, 0.1) is 0 Å². The Balaban J connectivity index is 1.62. The molecule has 0 saturated carbocycles. The zero-order valence-corrected chi connectivity index (χ0v) is 19.4. The molecule has 0 atom stereocenters. The first kappa shape index (κ1) is 21.0. The number of hydrogen-bond donors (Lipinski definition) is 1. The Morgan fingerprint density at radius 1 is 0.970 bits per heavy atom. The van der Waals surface area contributed by atoms with Gasteiger partial charge in [0.05, 0.1) is 33.9 Å². The van der Waals surface area contributed by atoms with Crippen molar-refractivity contribution in [2.24, 2.45) is 7.05 Å². The van der Waals surface area contributed by atoms with Gasteiger partial charge in [0.1, 0.15) is 6.33 Å². The molecule has 0 amide bonds. The van der Waals surface area contributed by atoms with E-state index in [9.17, 15) is 8.42 Å². The van der Waals surface area contributed by atoms with E-state index >= 15 is 0 Å². The summed E-state index contributed by atoms with van der Waals surface area (Å²) in [7, 11) is -1.60. The number of nitrogens with zero attached hydrogens (tertiary/aromatic N) is 5. The third kappa shape index (κ3) is 4.03. The number of rotatable bonds is 6. The van der Waals surface area contributed by atoms with Crippen LogP contribution in [0.2, 0.25) is 0 Å². The summed E-state index contributed by atoms with van der Waals surface area (Å²) in [6.07, 6.45) is 9.39. The lowest BCUT2D eigenvalue weighted by atomic mass is 10.1. The lowest BCUT2D eigenvalue weighted by Crippen LogP contribution is -2.22. The van der Waals surface area contributed by atoms with Crippen LogP contribution in [0.5, 0.6) is 0 Å². The van der Waals surface area contributed by atoms with Crippen LogP contribution in [0.3, 0.4) is 0 Å². The van der Waals surface area contributed by atoms with E-state index in [0.717, 1.165) is 33.5 Å². The van der Waals surface area contributed by atoms with Crippen molar-refractivity contribution in [1.29, 1.82) is 0 Å². The highest BCUT2D eigenvalue weighted by Gasteiger charge is 2.17. The lowest BCUT2D eigenvalue weighted by molar-refractivity contribution is 0.593. The average molecular weight is 461 g/mol. The van der Waals surface area contributed by atoms with E-state index < -0.39 is 15.3 Å². The number of hydrogen-bond acceptors (Lipinski definition) is 4. The number of aryl methyl sites for hydroxylation is 1. The first-order valence-corrected chi connectivity index (χ1v) is 12.1. The van der Waals surface area contributed by atoms with E-state index in [2.05, 4.69) is 14.8 Å². The molecule has 3 heterocycles. The van der Waals surface area contributed by atoms with Gasteiger partial charge in [-0.2, -0.15) is 5.10 Å². The highest BCUT2D eigenvalue weighted by molar-refractivity contribution is 7.93. The Labute approximate surface area is 192 Å². The normalized spacial score (nSPS) is 12.0. The molecule has 0 saturated heterocycles. The quantitative estimate of drug-likeness (QED) is 0.408. The van der Waals surface area contributed by atoms with Crippen molar-refractivity contribution in [1.82, 2.24) is 23.9 Å². The predicted molar refractivity (Wildman–Crippen MR) is 130 cm³/mol. The van der Waals surface area contributed by atoms with Gasteiger partial charge in [0, 0.05) is 36.9 Å². The summed E-state index contributed by atoms with van der Waals surface area (Å²) in [5, 5.41) is 3.70. The molecule has 2 aromatic carbocycles. The van der Waals surface area contributed by atoms with Crippen molar-refractivity contribution in [3.8, 4) is 22.5 Å². The second-order valence-electron chi connectivity index (χ2n) is 8.24. The molecule has 0 unspecified atom stereocenters. The van der Waals surface area contributed by atoms with Gasteiger partial charge in [-0.1, -0.05) is 6.07 Å². The first-order valence-electron chi connectivity index (χ1n) is 10.6. The first-order chi connectivity index (χ1) is 15.8. The van der Waals surface area contributed by atoms with Gasteiger partial charge in [-0.15, -0.1) is 0 Å². The lowest BCUT2D eigenvalue weighted by Gasteiger charge is -2.15. The Bertz CT molecular complexity index is 1550. The average Bonchev–Trinajstić information content (AvgIpc) is 3.53. The number of nitrogens with one attached hydrogen (secondary N) is 1. The van der Waals surface area contributed by atoms with Gasteiger partial charge in [-0.3, -0.25) is 14.0 Å². The van der Waals surface area contributed by atoms with Gasteiger partial charge < -0.3 is 4.57 Å². The fourth-order valence-electron chi connectivity index (χ4n) is 3.70. The summed E-state index contributed by atoms with van der Waals surface area (Å²) in [6, 6.07) is 15.6. The van der Waals surface area contributed by atoms with Crippen molar-refractivity contribution in [2.45, 2.75) is 19.1 Å². The fourth-order valence-corrected chi connectivity index (χ4v) is 4.38. The van der Waals surface area contributed by atoms with E-state index in [-0.39, 0.29) is 0 Å². The van der Waals surface area contributed by atoms with Crippen molar-refractivity contribution in [3.05, 3.63) is 79.6 Å². The molecule has 33 heavy (non-hydrogen) atoms. The molecule has 0 aliphatic rings. The SMILES string of the molecule is CC(C)S(=O)(=O)Nc1cc(-n2cccc2)cc(-n2cnc3cc(-c4cnn(C)c4)ccc32)c1. The molecule has 3 aromatic heterocycles. The minimum absolute atomic E-state index is 0.499. The standard InChI is InChI=1S/C24H24N6O2S/c1-17(2)33(31,32)27-20-11-21(29-8-4-5-9-29)13-22(12-20)30-16-25-23-10-18(6-7-24(23)30)19-14-26-28(3)15-19/h4-17,27H,1-3H3. The van der Waals surface area contributed by atoms with E-state index in [1.807, 2.05) is 89.5 Å². The van der Waals surface area contributed by atoms with Gasteiger partial charge in [0.15, 0.2) is 0 Å². The van der Waals surface area contributed by atoms with Crippen LogP contribution in [0.25, 0.3) is 33.5 Å². The summed E-state index contributed by atoms with van der Waals surface area (Å²) < 4.78 is 33.5. The number of imidazole rings is 1. The van der Waals surface area contributed by atoms with Crippen LogP contribution < -0.4 is 4.72 Å². The molecule has 9 heteroatoms. The molecule has 0 radical (unpaired) electrons. The van der Waals surface area contributed by atoms with Gasteiger partial charge in [-0.05, 0) is 61.9 Å². The van der Waals surface area contributed by atoms with Crippen LogP contribution in [0.15, 0.2) is 79.6 Å². The smallest absolute Gasteiger partial charge is 0.235 e. The Hall–Kier alpha value is -3.85. The molecule has 1 N–H and O–H groups in total. The third-order valence-corrected chi connectivity index (χ3v) is 7.31. The minimum atomic E-state index is -3.49. The Morgan fingerprint density at radius 2 is 1.73 bits per heavy atom. The molecule has 0 aliphatic heterocycles. The van der Waals surface area contributed by atoms with Crippen molar-refractivity contribution in [2.75, 3.05) is 4.72 Å². The molecule has 5 rings (SSSR count). The van der Waals surface area contributed by atoms with Crippen molar-refractivity contribution in [3.63, 3.8) is 0 Å². The molecule has 0 aliphatic carbocycles. The summed E-state index contributed by atoms with van der Waals surface area (Å²) in [5.41, 5.74) is 5.96. The van der Waals surface area contributed by atoms with Crippen LogP contribution in [0.4, 0.5) is 5.69 Å². The monoisotopic (exact) mass is 460 g/mol. The van der Waals surface area contributed by atoms with E-state index in [1.54, 1.807) is 24.9 Å². The summed E-state index contributed by atoms with van der Waals surface area (Å²) in [5.74, 6) is 0. The molecular formula is C24H24N6O2S. The van der Waals surface area contributed by atoms with E-state index in [0.29, 0.717) is 5.69 Å². The van der Waals surface area contributed by atoms with Gasteiger partial charge in [-0.25, -0.2) is 13.4 Å². The highest BCUT2D eigenvalue weighted by atomic mass is 32.2. The second kappa shape index (κ2) is 7.93. The zero-order valence-electron chi connectivity index (χ0n) is 18.5. The number of aromatic nitrogens is 5. The van der Waals surface area contributed by atoms with Gasteiger partial charge in [0.25, 0.3) is 0 Å². The summed E-state index contributed by atoms with van der Waals surface area (Å²) in [6.45, 7) is 3.31. The largest absolute Gasteiger partial charge is 0.324 e. The maximum atomic E-state index is 12.5. The molecule has 0 bridgehead atoms. The van der Waals surface area contributed by atoms with Crippen LogP contribution in [-0.4, -0.2) is 37.6 Å². The number of sulfonamides is 1. The predicted octanol–water partition coefficient (Wildman–Crippen LogP) is 4.37.